The predicted octanol–water partition coefficient (Wildman–Crippen LogP) is 2.90. The molecule has 0 fully saturated rings. The van der Waals surface area contributed by atoms with E-state index in [1.807, 2.05) is 0 Å². The van der Waals surface area contributed by atoms with Gasteiger partial charge in [-0.15, -0.1) is 0 Å². The third-order valence-electron chi connectivity index (χ3n) is 2.59. The van der Waals surface area contributed by atoms with Gasteiger partial charge < -0.3 is 4.42 Å². The molecular formula is C12H13FO3S. The average Bonchev–Trinajstić information content (AvgIpc) is 2.57. The number of hydrogen-bond donors (Lipinski definition) is 0. The Morgan fingerprint density at radius 1 is 1.29 bits per heavy atom. The molecule has 0 spiro atoms. The van der Waals surface area contributed by atoms with E-state index < -0.39 is 15.1 Å². The van der Waals surface area contributed by atoms with Gasteiger partial charge in [0.1, 0.15) is 22.9 Å². The quantitative estimate of drug-likeness (QED) is 0.848. The first-order valence-corrected chi connectivity index (χ1v) is 6.99. The van der Waals surface area contributed by atoms with Crippen LogP contribution in [0.5, 0.6) is 0 Å². The normalized spacial score (nSPS) is 12.5. The van der Waals surface area contributed by atoms with Crippen LogP contribution in [0.25, 0.3) is 11.0 Å². The molecule has 1 aromatic heterocycles. The Hall–Kier alpha value is -1.36. The summed E-state index contributed by atoms with van der Waals surface area (Å²) in [7, 11) is -3.20. The van der Waals surface area contributed by atoms with Gasteiger partial charge in [0, 0.05) is 5.39 Å². The van der Waals surface area contributed by atoms with Crippen molar-refractivity contribution in [1.29, 1.82) is 0 Å². The number of sulfone groups is 1. The van der Waals surface area contributed by atoms with E-state index in [9.17, 15) is 12.8 Å². The fraction of sp³-hybridized carbons (Fsp3) is 0.333. The van der Waals surface area contributed by atoms with Gasteiger partial charge >= 0.3 is 0 Å². The van der Waals surface area contributed by atoms with Crippen LogP contribution >= 0.6 is 0 Å². The van der Waals surface area contributed by atoms with E-state index in [0.29, 0.717) is 16.7 Å². The standard InChI is InChI=1S/C12H13FO3S/c1-8(2)17(14,15)7-11-6-9-5-10(13)3-4-12(9)16-11/h3-6,8H,7H2,1-2H3. The first kappa shape index (κ1) is 12.1. The number of hydrogen-bond acceptors (Lipinski definition) is 3. The lowest BCUT2D eigenvalue weighted by molar-refractivity contribution is 0.549. The molecule has 0 atom stereocenters. The predicted molar refractivity (Wildman–Crippen MR) is 63.9 cm³/mol. The van der Waals surface area contributed by atoms with Crippen LogP contribution < -0.4 is 0 Å². The van der Waals surface area contributed by atoms with Crippen molar-refractivity contribution in [1.82, 2.24) is 0 Å². The Morgan fingerprint density at radius 3 is 2.65 bits per heavy atom. The second-order valence-electron chi connectivity index (χ2n) is 4.25. The largest absolute Gasteiger partial charge is 0.460 e. The molecule has 0 unspecified atom stereocenters. The zero-order valence-electron chi connectivity index (χ0n) is 9.60. The van der Waals surface area contributed by atoms with Crippen LogP contribution in [-0.4, -0.2) is 13.7 Å². The van der Waals surface area contributed by atoms with Crippen LogP contribution in [0.15, 0.2) is 28.7 Å². The minimum Gasteiger partial charge on any atom is -0.460 e. The summed E-state index contributed by atoms with van der Waals surface area (Å²) in [6, 6.07) is 5.67. The first-order valence-electron chi connectivity index (χ1n) is 5.28. The lowest BCUT2D eigenvalue weighted by atomic mass is 10.2. The average molecular weight is 256 g/mol. The second kappa shape index (κ2) is 4.14. The van der Waals surface area contributed by atoms with Gasteiger partial charge in [0.15, 0.2) is 9.84 Å². The molecule has 2 aromatic rings. The Labute approximate surface area is 99.2 Å². The van der Waals surface area contributed by atoms with Gasteiger partial charge in [-0.1, -0.05) is 0 Å². The molecule has 0 aliphatic carbocycles. The number of halogens is 1. The SMILES string of the molecule is CC(C)S(=O)(=O)Cc1cc2cc(F)ccc2o1. The van der Waals surface area contributed by atoms with Gasteiger partial charge in [-0.3, -0.25) is 0 Å². The van der Waals surface area contributed by atoms with Crippen molar-refractivity contribution in [3.8, 4) is 0 Å². The van der Waals surface area contributed by atoms with Crippen molar-refractivity contribution in [2.45, 2.75) is 24.9 Å². The highest BCUT2D eigenvalue weighted by Gasteiger charge is 2.19. The highest BCUT2D eigenvalue weighted by atomic mass is 32.2. The van der Waals surface area contributed by atoms with Crippen LogP contribution in [0.4, 0.5) is 4.39 Å². The maximum absolute atomic E-state index is 13.0. The van der Waals surface area contributed by atoms with Crippen molar-refractivity contribution < 1.29 is 17.2 Å². The third kappa shape index (κ3) is 2.49. The van der Waals surface area contributed by atoms with Crippen LogP contribution in [0, 0.1) is 5.82 Å². The molecule has 17 heavy (non-hydrogen) atoms. The van der Waals surface area contributed by atoms with E-state index in [4.69, 9.17) is 4.42 Å². The minimum atomic E-state index is -3.20. The van der Waals surface area contributed by atoms with Crippen LogP contribution in [-0.2, 0) is 15.6 Å². The summed E-state index contributed by atoms with van der Waals surface area (Å²) in [5, 5.41) is 0.131. The zero-order valence-corrected chi connectivity index (χ0v) is 10.4. The van der Waals surface area contributed by atoms with Gasteiger partial charge in [0.05, 0.1) is 5.25 Å². The molecule has 0 radical (unpaired) electrons. The van der Waals surface area contributed by atoms with Crippen molar-refractivity contribution >= 4 is 20.8 Å². The molecule has 0 bridgehead atoms. The highest BCUT2D eigenvalue weighted by molar-refractivity contribution is 7.91. The van der Waals surface area contributed by atoms with Crippen molar-refractivity contribution in [3.05, 3.63) is 35.8 Å². The summed E-state index contributed by atoms with van der Waals surface area (Å²) in [5.41, 5.74) is 0.500. The molecule has 0 saturated heterocycles. The monoisotopic (exact) mass is 256 g/mol. The molecule has 0 aliphatic rings. The smallest absolute Gasteiger partial charge is 0.159 e. The summed E-state index contributed by atoms with van der Waals surface area (Å²) < 4.78 is 41.7. The molecule has 0 amide bonds. The fourth-order valence-corrected chi connectivity index (χ4v) is 2.38. The lowest BCUT2D eigenvalue weighted by Crippen LogP contribution is -2.15. The Kier molecular flexibility index (Phi) is 2.95. The number of furan rings is 1. The van der Waals surface area contributed by atoms with E-state index >= 15 is 0 Å². The minimum absolute atomic E-state index is 0.152. The van der Waals surface area contributed by atoms with Crippen molar-refractivity contribution in [2.24, 2.45) is 0 Å². The van der Waals surface area contributed by atoms with Crippen molar-refractivity contribution in [3.63, 3.8) is 0 Å². The van der Waals surface area contributed by atoms with Gasteiger partial charge in [-0.05, 0) is 38.1 Å². The number of fused-ring (bicyclic) bond motifs is 1. The van der Waals surface area contributed by atoms with E-state index in [-0.39, 0.29) is 11.6 Å². The van der Waals surface area contributed by atoms with Crippen LogP contribution in [0.3, 0.4) is 0 Å². The molecular weight excluding hydrogens is 243 g/mol. The van der Waals surface area contributed by atoms with E-state index in [1.165, 1.54) is 18.2 Å². The van der Waals surface area contributed by atoms with Gasteiger partial charge in [-0.2, -0.15) is 0 Å². The summed E-state index contributed by atoms with van der Waals surface area (Å²) in [4.78, 5) is 0. The number of rotatable bonds is 3. The third-order valence-corrected chi connectivity index (χ3v) is 4.71. The first-order chi connectivity index (χ1) is 7.88. The molecule has 1 heterocycles. The Morgan fingerprint density at radius 2 is 2.00 bits per heavy atom. The number of benzene rings is 1. The molecule has 0 aliphatic heterocycles. The van der Waals surface area contributed by atoms with Crippen LogP contribution in [0.2, 0.25) is 0 Å². The van der Waals surface area contributed by atoms with Crippen LogP contribution in [0.1, 0.15) is 19.6 Å². The highest BCUT2D eigenvalue weighted by Crippen LogP contribution is 2.22. The lowest BCUT2D eigenvalue weighted by Gasteiger charge is -2.04. The zero-order chi connectivity index (χ0) is 12.6. The Bertz CT molecular complexity index is 641. The van der Waals surface area contributed by atoms with Gasteiger partial charge in [-0.25, -0.2) is 12.8 Å². The summed E-state index contributed by atoms with van der Waals surface area (Å²) >= 11 is 0. The van der Waals surface area contributed by atoms with E-state index in [1.54, 1.807) is 19.9 Å². The maximum Gasteiger partial charge on any atom is 0.159 e. The second-order valence-corrected chi connectivity index (χ2v) is 6.81. The fourth-order valence-electron chi connectivity index (χ4n) is 1.51. The molecule has 3 nitrogen and oxygen atoms in total. The van der Waals surface area contributed by atoms with E-state index in [0.717, 1.165) is 0 Å². The summed E-state index contributed by atoms with van der Waals surface area (Å²) in [6.45, 7) is 3.25. The maximum atomic E-state index is 13.0. The van der Waals surface area contributed by atoms with Crippen molar-refractivity contribution in [2.75, 3.05) is 0 Å². The molecule has 0 saturated carbocycles. The summed E-state index contributed by atoms with van der Waals surface area (Å²) in [6.07, 6.45) is 0. The molecule has 5 heteroatoms. The van der Waals surface area contributed by atoms with Gasteiger partial charge in [0.2, 0.25) is 0 Å². The molecule has 2 rings (SSSR count). The van der Waals surface area contributed by atoms with E-state index in [2.05, 4.69) is 0 Å². The molecule has 1 aromatic carbocycles. The van der Waals surface area contributed by atoms with Gasteiger partial charge in [0.25, 0.3) is 0 Å². The molecule has 92 valence electrons. The molecule has 0 N–H and O–H groups in total. The Balaban J connectivity index is 2.38. The summed E-state index contributed by atoms with van der Waals surface area (Å²) in [5.74, 6) is -0.170. The topological polar surface area (TPSA) is 47.3 Å².